The van der Waals surface area contributed by atoms with Crippen molar-refractivity contribution in [2.24, 2.45) is 34.5 Å². The van der Waals surface area contributed by atoms with Crippen LogP contribution in [0.1, 0.15) is 164 Å². The highest BCUT2D eigenvalue weighted by Crippen LogP contribution is 2.64. The number of rotatable bonds is 16. The molecule has 2 aromatic heterocycles. The van der Waals surface area contributed by atoms with Gasteiger partial charge in [0, 0.05) is 47.4 Å². The number of carbonyl (C=O) groups excluding carboxylic acids is 4. The third-order valence-corrected chi connectivity index (χ3v) is 21.7. The van der Waals surface area contributed by atoms with Crippen molar-refractivity contribution in [2.45, 2.75) is 154 Å². The van der Waals surface area contributed by atoms with Crippen molar-refractivity contribution in [3.05, 3.63) is 107 Å². The minimum atomic E-state index is -1.59. The van der Waals surface area contributed by atoms with Gasteiger partial charge in [0.25, 0.3) is 11.8 Å². The fourth-order valence-electron chi connectivity index (χ4n) is 14.3. The Hall–Kier alpha value is -5.42. The Labute approximate surface area is 437 Å². The second-order valence-corrected chi connectivity index (χ2v) is 29.5. The molecule has 0 spiro atoms. The van der Waals surface area contributed by atoms with Crippen molar-refractivity contribution >= 4 is 31.7 Å². The fraction of sp³-hybridized carbons (Fsp3) is 0.586. The number of phenolic OH excluding ortho intramolecular Hbond substituents is 1. The molecule has 5 N–H and O–H groups in total. The van der Waals surface area contributed by atoms with E-state index in [9.17, 15) is 24.3 Å². The van der Waals surface area contributed by atoms with Gasteiger partial charge in [0.1, 0.15) is 29.5 Å². The lowest BCUT2D eigenvalue weighted by atomic mass is 9.46. The number of aryl methyl sites for hydroxylation is 2. The van der Waals surface area contributed by atoms with Gasteiger partial charge in [0.2, 0.25) is 0 Å². The number of nitrogens with zero attached hydrogens (tertiary/aromatic N) is 4. The van der Waals surface area contributed by atoms with Gasteiger partial charge in [0.15, 0.2) is 19.9 Å². The van der Waals surface area contributed by atoms with Gasteiger partial charge in [-0.1, -0.05) is 32.9 Å². The fourth-order valence-corrected chi connectivity index (χ4v) is 15.4. The summed E-state index contributed by atoms with van der Waals surface area (Å²) in [5.74, 6) is 2.73. The number of hydrogen-bond donors (Lipinski definition) is 5. The van der Waals surface area contributed by atoms with Crippen LogP contribution in [-0.4, -0.2) is 104 Å². The lowest BCUT2D eigenvalue weighted by molar-refractivity contribution is -0.0776. The first-order valence-electron chi connectivity index (χ1n) is 26.7. The van der Waals surface area contributed by atoms with E-state index >= 15 is 0 Å². The molecule has 0 radical (unpaired) electrons. The van der Waals surface area contributed by atoms with Gasteiger partial charge in [-0.3, -0.25) is 29.1 Å². The number of hydrogen-bond acceptors (Lipinski definition) is 13. The van der Waals surface area contributed by atoms with Gasteiger partial charge in [-0.15, -0.1) is 0 Å². The number of ketones is 2. The maximum absolute atomic E-state index is 13.2. The largest absolute Gasteiger partial charge is 0.508 e. The molecule has 0 aliphatic heterocycles. The summed E-state index contributed by atoms with van der Waals surface area (Å²) in [6.45, 7) is 15.4. The summed E-state index contributed by atoms with van der Waals surface area (Å²) < 4.78 is 11.1. The molecule has 12 rings (SSSR count). The second kappa shape index (κ2) is 22.0. The molecule has 8 fully saturated rings. The second-order valence-electron chi connectivity index (χ2n) is 24.7. The van der Waals surface area contributed by atoms with Crippen LogP contribution in [0, 0.1) is 48.3 Å². The first-order chi connectivity index (χ1) is 35.0. The van der Waals surface area contributed by atoms with Crippen molar-refractivity contribution in [1.82, 2.24) is 30.6 Å². The molecule has 15 nitrogen and oxygen atoms in total. The quantitative estimate of drug-likeness (QED) is 0.0522. The number of amides is 2. The number of aromatic nitrogens is 4. The van der Waals surface area contributed by atoms with Gasteiger partial charge in [-0.05, 0) is 180 Å². The molecule has 2 amide bonds. The monoisotopic (exact) mass is 1030 g/mol. The topological polar surface area (TPSA) is 223 Å². The zero-order valence-corrected chi connectivity index (χ0v) is 45.5. The van der Waals surface area contributed by atoms with E-state index in [1.807, 2.05) is 13.8 Å². The lowest BCUT2D eigenvalue weighted by Gasteiger charge is -2.62. The maximum atomic E-state index is 13.2. The normalized spacial score (nSPS) is 28.0. The Balaban J connectivity index is 0.000000165. The molecule has 4 aromatic rings. The van der Waals surface area contributed by atoms with Crippen LogP contribution in [0.5, 0.6) is 11.5 Å². The molecule has 8 aliphatic carbocycles. The number of ether oxygens (including phenoxy) is 1. The van der Waals surface area contributed by atoms with Crippen LogP contribution in [0.4, 0.5) is 0 Å². The van der Waals surface area contributed by atoms with Crippen molar-refractivity contribution in [3.63, 3.8) is 0 Å². The van der Waals surface area contributed by atoms with E-state index < -0.39 is 8.32 Å². The first-order valence-corrected chi connectivity index (χ1v) is 29.6. The predicted octanol–water partition coefficient (Wildman–Crippen LogP) is 9.33. The molecule has 74 heavy (non-hydrogen) atoms. The third kappa shape index (κ3) is 13.0. The Morgan fingerprint density at radius 1 is 0.649 bits per heavy atom. The summed E-state index contributed by atoms with van der Waals surface area (Å²) in [6.07, 6.45) is 19.6. The lowest BCUT2D eigenvalue weighted by Crippen LogP contribution is -2.63. The first kappa shape index (κ1) is 54.8. The zero-order chi connectivity index (χ0) is 53.1. The van der Waals surface area contributed by atoms with E-state index in [1.165, 1.54) is 18.9 Å². The minimum absolute atomic E-state index is 0.0580. The maximum Gasteiger partial charge on any atom is 0.251 e. The highest BCUT2D eigenvalue weighted by atomic mass is 28.4. The van der Waals surface area contributed by atoms with E-state index in [4.69, 9.17) is 19.4 Å². The molecule has 2 aromatic carbocycles. The molecule has 2 heterocycles. The van der Waals surface area contributed by atoms with E-state index in [-0.39, 0.29) is 75.9 Å². The number of aliphatic hydroxyl groups is 2. The Bertz CT molecular complexity index is 2580. The van der Waals surface area contributed by atoms with Gasteiger partial charge in [-0.25, -0.2) is 9.97 Å². The molecule has 8 bridgehead atoms. The Morgan fingerprint density at radius 2 is 1.09 bits per heavy atom. The third-order valence-electron chi connectivity index (χ3n) is 17.2. The molecule has 0 saturated heterocycles. The highest BCUT2D eigenvalue weighted by Gasteiger charge is 2.60. The van der Waals surface area contributed by atoms with Crippen LogP contribution in [-0.2, 0) is 4.43 Å². The van der Waals surface area contributed by atoms with Crippen LogP contribution in [0.25, 0.3) is 0 Å². The molecular formula is C58H78N6O9Si. The number of benzene rings is 2. The van der Waals surface area contributed by atoms with Crippen LogP contribution < -0.4 is 15.4 Å². The summed E-state index contributed by atoms with van der Waals surface area (Å²) in [5, 5.41) is 34.3. The molecular weight excluding hydrogens is 953 g/mol. The van der Waals surface area contributed by atoms with Gasteiger partial charge in [0.05, 0.1) is 43.6 Å². The van der Waals surface area contributed by atoms with Crippen molar-refractivity contribution in [2.75, 3.05) is 26.4 Å². The molecule has 8 saturated carbocycles. The number of nitrogens with one attached hydrogen (secondary N) is 2. The van der Waals surface area contributed by atoms with Crippen molar-refractivity contribution in [3.8, 4) is 11.5 Å². The van der Waals surface area contributed by atoms with Crippen LogP contribution in [0.2, 0.25) is 18.1 Å². The molecule has 4 atom stereocenters. The van der Waals surface area contributed by atoms with E-state index in [0.717, 1.165) is 75.6 Å². The standard InChI is InChI=1S/C26H31N3O4.C24H27N3O3.C8H20O2Si/c1-17-14-27-15-22(28-17)23(31)13-25-9-18-7-19(10-25)12-26(11-18,16-25)29-24(32)20-3-2-4-21(8-20)33-6-5-30;1-15-12-25-13-20(26-15)21(29)11-23-7-16-5-17(8-23)10-24(9-16,14-23)27-22(30)18-3-2-4-19(28)6-18;1-8(2,3)11(4,5)10-7-6-9/h2-4,8,14-15,18-19,30H,5-7,9-13,16H2,1H3,(H,29,32);2-4,6,12-13,16-17,28H,5,7-11,14H2,1H3,(H,27,30);9H,6-7H2,1-5H3. The number of Topliss-reactive ketones (excluding diaryl/α,β-unsaturated/α-hetero) is 2. The van der Waals surface area contributed by atoms with E-state index in [2.05, 4.69) is 64.4 Å². The predicted molar refractivity (Wildman–Crippen MR) is 283 cm³/mol. The Morgan fingerprint density at radius 3 is 1.51 bits per heavy atom. The number of phenols is 1. The smallest absolute Gasteiger partial charge is 0.251 e. The van der Waals surface area contributed by atoms with Crippen molar-refractivity contribution in [1.29, 1.82) is 0 Å². The van der Waals surface area contributed by atoms with Crippen molar-refractivity contribution < 1.29 is 43.7 Å². The summed E-state index contributed by atoms with van der Waals surface area (Å²) in [5.41, 5.74) is 2.76. The number of carbonyl (C=O) groups is 4. The highest BCUT2D eigenvalue weighted by molar-refractivity contribution is 6.74. The van der Waals surface area contributed by atoms with Crippen LogP contribution >= 0.6 is 0 Å². The van der Waals surface area contributed by atoms with Gasteiger partial charge >= 0.3 is 0 Å². The molecule has 8 aliphatic rings. The number of aromatic hydroxyl groups is 1. The Kier molecular flexibility index (Phi) is 16.3. The minimum Gasteiger partial charge on any atom is -0.508 e. The SMILES string of the molecule is CC(C)(C)[Si](C)(C)OCCO.Cc1cncc(C(=O)CC23CC4CC(C2)CC(NC(=O)c2cccc(O)c2)(C4)C3)n1.Cc1cncc(C(=O)CC23CC4CC(C2)CC(NC(=O)c2cccc(OCCO)c2)(C4)C3)n1. The van der Waals surface area contributed by atoms with Crippen LogP contribution in [0.15, 0.2) is 73.3 Å². The average Bonchev–Trinajstić information content (AvgIpc) is 3.31. The summed E-state index contributed by atoms with van der Waals surface area (Å²) in [4.78, 5) is 69.4. The number of aliphatic hydroxyl groups excluding tert-OH is 2. The van der Waals surface area contributed by atoms with Gasteiger partial charge in [-0.2, -0.15) is 0 Å². The summed E-state index contributed by atoms with van der Waals surface area (Å²) in [7, 11) is -1.59. The average molecular weight is 1030 g/mol. The zero-order valence-electron chi connectivity index (χ0n) is 44.5. The summed E-state index contributed by atoms with van der Waals surface area (Å²) >= 11 is 0. The van der Waals surface area contributed by atoms with E-state index in [0.29, 0.717) is 71.4 Å². The molecule has 4 unspecified atom stereocenters. The van der Waals surface area contributed by atoms with E-state index in [1.54, 1.807) is 67.3 Å². The molecule has 16 heteroatoms. The van der Waals surface area contributed by atoms with Crippen LogP contribution in [0.3, 0.4) is 0 Å². The summed E-state index contributed by atoms with van der Waals surface area (Å²) in [6, 6.07) is 13.6. The molecule has 398 valence electrons. The van der Waals surface area contributed by atoms with Gasteiger partial charge < -0.3 is 35.1 Å².